The molecule has 0 aliphatic rings. The van der Waals surface area contributed by atoms with E-state index in [1.807, 2.05) is 0 Å². The van der Waals surface area contributed by atoms with Crippen LogP contribution in [-0.2, 0) is 9.53 Å². The van der Waals surface area contributed by atoms with Crippen LogP contribution in [0, 0.1) is 15.9 Å². The smallest absolute Gasteiger partial charge is 0.341 e. The van der Waals surface area contributed by atoms with Crippen LogP contribution < -0.4 is 10.1 Å². The van der Waals surface area contributed by atoms with Crippen LogP contribution in [0.4, 0.5) is 15.8 Å². The van der Waals surface area contributed by atoms with E-state index in [4.69, 9.17) is 21.1 Å². The molecule has 10 heteroatoms. The Labute approximate surface area is 158 Å². The minimum atomic E-state index is -1.32. The fourth-order valence-electron chi connectivity index (χ4n) is 2.07. The number of hydrogen-bond acceptors (Lipinski definition) is 6. The van der Waals surface area contributed by atoms with Crippen molar-refractivity contribution in [3.05, 3.63) is 62.9 Å². The van der Waals surface area contributed by atoms with Crippen molar-refractivity contribution in [1.29, 1.82) is 0 Å². The number of nitrogens with one attached hydrogen (secondary N) is 1. The van der Waals surface area contributed by atoms with Gasteiger partial charge >= 0.3 is 5.97 Å². The molecular formula is C17H14ClFN2O6. The Hall–Kier alpha value is -3.20. The number of benzene rings is 2. The molecule has 0 heterocycles. The predicted molar refractivity (Wildman–Crippen MR) is 94.6 cm³/mol. The molecular weight excluding hydrogens is 383 g/mol. The third kappa shape index (κ3) is 4.91. The van der Waals surface area contributed by atoms with E-state index in [0.29, 0.717) is 0 Å². The first kappa shape index (κ1) is 20.1. The Kier molecular flexibility index (Phi) is 6.30. The van der Waals surface area contributed by atoms with Gasteiger partial charge in [-0.15, -0.1) is 0 Å². The largest absolute Gasteiger partial charge is 0.495 e. The Bertz CT molecular complexity index is 905. The molecule has 0 aromatic heterocycles. The Morgan fingerprint density at radius 2 is 1.96 bits per heavy atom. The van der Waals surface area contributed by atoms with Gasteiger partial charge in [0.1, 0.15) is 11.6 Å². The first-order valence-corrected chi connectivity index (χ1v) is 7.90. The average Bonchev–Trinajstić information content (AvgIpc) is 2.63. The zero-order valence-corrected chi connectivity index (χ0v) is 15.0. The second-order valence-corrected chi connectivity index (χ2v) is 5.74. The quantitative estimate of drug-likeness (QED) is 0.454. The molecule has 2 aromatic rings. The van der Waals surface area contributed by atoms with Crippen molar-refractivity contribution < 1.29 is 28.4 Å². The molecule has 0 saturated heterocycles. The molecule has 0 aliphatic carbocycles. The lowest BCUT2D eigenvalue weighted by Crippen LogP contribution is -2.30. The number of rotatable bonds is 6. The summed E-state index contributed by atoms with van der Waals surface area (Å²) in [5.41, 5.74) is -0.666. The summed E-state index contributed by atoms with van der Waals surface area (Å²) in [6.07, 6.45) is -1.32. The zero-order chi connectivity index (χ0) is 20.1. The van der Waals surface area contributed by atoms with Crippen LogP contribution in [0.5, 0.6) is 5.75 Å². The van der Waals surface area contributed by atoms with E-state index in [1.165, 1.54) is 32.2 Å². The molecule has 0 radical (unpaired) electrons. The number of hydrogen-bond donors (Lipinski definition) is 1. The van der Waals surface area contributed by atoms with Crippen molar-refractivity contribution in [1.82, 2.24) is 0 Å². The first-order chi connectivity index (χ1) is 12.7. The Balaban J connectivity index is 2.14. The maximum absolute atomic E-state index is 13.7. The second kappa shape index (κ2) is 8.45. The first-order valence-electron chi connectivity index (χ1n) is 7.52. The SMILES string of the molecule is COc1ccc([N+](=O)[O-])cc1NC(=O)C(C)OC(=O)c1cc(Cl)ccc1F. The standard InChI is InChI=1S/C17H14ClFN2O6/c1-9(27-17(23)12-7-10(18)3-5-13(12)19)16(22)20-14-8-11(21(24)25)4-6-15(14)26-2/h3-9H,1-2H3,(H,20,22). The van der Waals surface area contributed by atoms with Crippen LogP contribution in [0.2, 0.25) is 5.02 Å². The number of carbonyl (C=O) groups is 2. The van der Waals surface area contributed by atoms with Gasteiger partial charge in [0, 0.05) is 17.2 Å². The van der Waals surface area contributed by atoms with Crippen LogP contribution in [0.1, 0.15) is 17.3 Å². The number of esters is 1. The molecule has 1 unspecified atom stereocenters. The third-order valence-electron chi connectivity index (χ3n) is 3.45. The van der Waals surface area contributed by atoms with Gasteiger partial charge in [-0.2, -0.15) is 0 Å². The van der Waals surface area contributed by atoms with Gasteiger partial charge in [0.15, 0.2) is 6.10 Å². The van der Waals surface area contributed by atoms with Gasteiger partial charge in [0.05, 0.1) is 23.3 Å². The molecule has 8 nitrogen and oxygen atoms in total. The van der Waals surface area contributed by atoms with Crippen molar-refractivity contribution in [2.24, 2.45) is 0 Å². The molecule has 1 N–H and O–H groups in total. The minimum absolute atomic E-state index is 0.0218. The van der Waals surface area contributed by atoms with Crippen LogP contribution in [-0.4, -0.2) is 30.0 Å². The molecule has 2 aromatic carbocycles. The Morgan fingerprint density at radius 1 is 1.26 bits per heavy atom. The molecule has 0 aliphatic heterocycles. The van der Waals surface area contributed by atoms with Crippen molar-refractivity contribution >= 4 is 34.9 Å². The highest BCUT2D eigenvalue weighted by Gasteiger charge is 2.23. The number of nitro groups is 1. The number of nitro benzene ring substituents is 1. The van der Waals surface area contributed by atoms with Crippen LogP contribution in [0.25, 0.3) is 0 Å². The number of carbonyl (C=O) groups excluding carboxylic acids is 2. The second-order valence-electron chi connectivity index (χ2n) is 5.30. The van der Waals surface area contributed by atoms with Crippen molar-refractivity contribution in [3.8, 4) is 5.75 Å². The predicted octanol–water partition coefficient (Wildman–Crippen LogP) is 3.58. The lowest BCUT2D eigenvalue weighted by Gasteiger charge is -2.15. The fourth-order valence-corrected chi connectivity index (χ4v) is 2.25. The summed E-state index contributed by atoms with van der Waals surface area (Å²) >= 11 is 5.72. The van der Waals surface area contributed by atoms with Crippen molar-refractivity contribution in [3.63, 3.8) is 0 Å². The highest BCUT2D eigenvalue weighted by Crippen LogP contribution is 2.29. The number of halogens is 2. The van der Waals surface area contributed by atoms with E-state index < -0.39 is 34.3 Å². The minimum Gasteiger partial charge on any atom is -0.495 e. The monoisotopic (exact) mass is 396 g/mol. The maximum atomic E-state index is 13.7. The fraction of sp³-hybridized carbons (Fsp3) is 0.176. The number of ether oxygens (including phenoxy) is 2. The van der Waals surface area contributed by atoms with Gasteiger partial charge in [0.2, 0.25) is 0 Å². The highest BCUT2D eigenvalue weighted by molar-refractivity contribution is 6.30. The van der Waals surface area contributed by atoms with Gasteiger partial charge in [-0.1, -0.05) is 11.6 Å². The number of amides is 1. The van der Waals surface area contributed by atoms with Gasteiger partial charge in [-0.05, 0) is 31.2 Å². The molecule has 0 fully saturated rings. The summed E-state index contributed by atoms with van der Waals surface area (Å²) in [4.78, 5) is 34.5. The maximum Gasteiger partial charge on any atom is 0.341 e. The summed E-state index contributed by atoms with van der Waals surface area (Å²) in [6, 6.07) is 6.96. The van der Waals surface area contributed by atoms with E-state index in [9.17, 15) is 24.1 Å². The van der Waals surface area contributed by atoms with E-state index >= 15 is 0 Å². The van der Waals surface area contributed by atoms with Crippen LogP contribution in [0.3, 0.4) is 0 Å². The summed E-state index contributed by atoms with van der Waals surface area (Å²) in [7, 11) is 1.32. The van der Waals surface area contributed by atoms with E-state index in [2.05, 4.69) is 5.32 Å². The third-order valence-corrected chi connectivity index (χ3v) is 3.69. The molecule has 0 bridgehead atoms. The zero-order valence-electron chi connectivity index (χ0n) is 14.2. The van der Waals surface area contributed by atoms with E-state index in [-0.39, 0.29) is 22.1 Å². The lowest BCUT2D eigenvalue weighted by atomic mass is 10.2. The summed E-state index contributed by atoms with van der Waals surface area (Å²) in [5, 5.41) is 13.4. The van der Waals surface area contributed by atoms with Gasteiger partial charge in [-0.25, -0.2) is 9.18 Å². The summed E-state index contributed by atoms with van der Waals surface area (Å²) < 4.78 is 23.7. The van der Waals surface area contributed by atoms with E-state index in [1.54, 1.807) is 0 Å². The summed E-state index contributed by atoms with van der Waals surface area (Å²) in [5.74, 6) is -2.54. The van der Waals surface area contributed by atoms with Crippen molar-refractivity contribution in [2.45, 2.75) is 13.0 Å². The molecule has 2 rings (SSSR count). The molecule has 1 amide bonds. The summed E-state index contributed by atoms with van der Waals surface area (Å²) in [6.45, 7) is 1.26. The lowest BCUT2D eigenvalue weighted by molar-refractivity contribution is -0.384. The van der Waals surface area contributed by atoms with Gasteiger partial charge in [0.25, 0.3) is 11.6 Å². The molecule has 27 heavy (non-hydrogen) atoms. The van der Waals surface area contributed by atoms with Gasteiger partial charge in [-0.3, -0.25) is 14.9 Å². The number of anilines is 1. The topological polar surface area (TPSA) is 108 Å². The molecule has 1 atom stereocenters. The average molecular weight is 397 g/mol. The highest BCUT2D eigenvalue weighted by atomic mass is 35.5. The van der Waals surface area contributed by atoms with Gasteiger partial charge < -0.3 is 14.8 Å². The number of non-ortho nitro benzene ring substituents is 1. The molecule has 0 spiro atoms. The van der Waals surface area contributed by atoms with Crippen molar-refractivity contribution in [2.75, 3.05) is 12.4 Å². The molecule has 0 saturated carbocycles. The number of methoxy groups -OCH3 is 1. The molecule has 142 valence electrons. The Morgan fingerprint density at radius 3 is 2.59 bits per heavy atom. The normalized spacial score (nSPS) is 11.4. The van der Waals surface area contributed by atoms with Crippen LogP contribution in [0.15, 0.2) is 36.4 Å². The van der Waals surface area contributed by atoms with E-state index in [0.717, 1.165) is 18.2 Å². The number of nitrogens with zero attached hydrogens (tertiary/aromatic N) is 1. The van der Waals surface area contributed by atoms with Crippen LogP contribution >= 0.6 is 11.6 Å².